The number of ketones is 1. The van der Waals surface area contributed by atoms with Gasteiger partial charge in [-0.3, -0.25) is 14.4 Å². The molecule has 4 rings (SSSR count). The van der Waals surface area contributed by atoms with Crippen LogP contribution in [0.2, 0.25) is 0 Å². The van der Waals surface area contributed by atoms with Gasteiger partial charge in [0.2, 0.25) is 5.91 Å². The van der Waals surface area contributed by atoms with E-state index in [4.69, 9.17) is 0 Å². The Morgan fingerprint density at radius 1 is 0.794 bits per heavy atom. The normalized spacial score (nSPS) is 13.6. The SMILES string of the molecule is O=C(CC(=O)N1CCN(C(=O)c2cc(F)ccc2Br)CC1)Cc1ccc(-c2ccccc2)cc1. The first kappa shape index (κ1) is 23.8. The van der Waals surface area contributed by atoms with Gasteiger partial charge in [0.25, 0.3) is 5.91 Å². The summed E-state index contributed by atoms with van der Waals surface area (Å²) in [6.45, 7) is 1.36. The van der Waals surface area contributed by atoms with Gasteiger partial charge in [-0.25, -0.2) is 4.39 Å². The molecule has 0 bridgehead atoms. The summed E-state index contributed by atoms with van der Waals surface area (Å²) in [7, 11) is 0. The van der Waals surface area contributed by atoms with Crippen molar-refractivity contribution in [1.82, 2.24) is 9.80 Å². The van der Waals surface area contributed by atoms with Crippen molar-refractivity contribution in [2.24, 2.45) is 0 Å². The molecule has 1 saturated heterocycles. The maximum Gasteiger partial charge on any atom is 0.255 e. The average Bonchev–Trinajstić information content (AvgIpc) is 2.86. The van der Waals surface area contributed by atoms with Crippen LogP contribution in [0.15, 0.2) is 77.3 Å². The number of amides is 2. The standard InChI is InChI=1S/C27H24BrFN2O3/c28-25-11-10-22(29)17-24(25)27(34)31-14-12-30(13-15-31)26(33)18-23(32)16-19-6-8-21(9-7-19)20-4-2-1-3-5-20/h1-11,17H,12-16,18H2. The van der Waals surface area contributed by atoms with E-state index in [0.717, 1.165) is 16.7 Å². The number of halogens is 2. The topological polar surface area (TPSA) is 57.7 Å². The molecule has 0 N–H and O–H groups in total. The Balaban J connectivity index is 1.27. The molecule has 0 aliphatic carbocycles. The Labute approximate surface area is 206 Å². The van der Waals surface area contributed by atoms with Crippen LogP contribution in [0, 0.1) is 5.82 Å². The lowest BCUT2D eigenvalue weighted by molar-refractivity contribution is -0.136. The second-order valence-electron chi connectivity index (χ2n) is 8.25. The highest BCUT2D eigenvalue weighted by Gasteiger charge is 2.27. The van der Waals surface area contributed by atoms with Gasteiger partial charge in [0, 0.05) is 37.1 Å². The van der Waals surface area contributed by atoms with Crippen LogP contribution in [0.4, 0.5) is 4.39 Å². The van der Waals surface area contributed by atoms with Crippen molar-refractivity contribution in [3.8, 4) is 11.1 Å². The van der Waals surface area contributed by atoms with Crippen molar-refractivity contribution < 1.29 is 18.8 Å². The number of hydrogen-bond acceptors (Lipinski definition) is 3. The summed E-state index contributed by atoms with van der Waals surface area (Å²) >= 11 is 3.29. The van der Waals surface area contributed by atoms with Gasteiger partial charge in [-0.05, 0) is 50.8 Å². The Bertz CT molecular complexity index is 1190. The van der Waals surface area contributed by atoms with Crippen LogP contribution < -0.4 is 0 Å². The average molecular weight is 523 g/mol. The molecule has 0 saturated carbocycles. The quantitative estimate of drug-likeness (QED) is 0.439. The van der Waals surface area contributed by atoms with Gasteiger partial charge < -0.3 is 9.80 Å². The summed E-state index contributed by atoms with van der Waals surface area (Å²) in [5.74, 6) is -1.13. The van der Waals surface area contributed by atoms with E-state index in [0.29, 0.717) is 30.7 Å². The first-order valence-electron chi connectivity index (χ1n) is 11.1. The monoisotopic (exact) mass is 522 g/mol. The molecule has 5 nitrogen and oxygen atoms in total. The third-order valence-electron chi connectivity index (χ3n) is 5.89. The molecule has 3 aromatic rings. The highest BCUT2D eigenvalue weighted by atomic mass is 79.9. The maximum atomic E-state index is 13.5. The molecule has 174 valence electrons. The Morgan fingerprint density at radius 3 is 2.09 bits per heavy atom. The van der Waals surface area contributed by atoms with Crippen LogP contribution in [0.1, 0.15) is 22.3 Å². The fourth-order valence-electron chi connectivity index (χ4n) is 4.01. The van der Waals surface area contributed by atoms with E-state index in [1.165, 1.54) is 18.2 Å². The summed E-state index contributed by atoms with van der Waals surface area (Å²) in [5.41, 5.74) is 3.31. The molecule has 7 heteroatoms. The lowest BCUT2D eigenvalue weighted by Crippen LogP contribution is -2.51. The number of nitrogens with zero attached hydrogens (tertiary/aromatic N) is 2. The predicted octanol–water partition coefficient (Wildman–Crippen LogP) is 4.74. The molecule has 0 unspecified atom stereocenters. The molecule has 0 spiro atoms. The molecule has 1 fully saturated rings. The number of hydrogen-bond donors (Lipinski definition) is 0. The van der Waals surface area contributed by atoms with E-state index >= 15 is 0 Å². The van der Waals surface area contributed by atoms with Crippen molar-refractivity contribution in [2.45, 2.75) is 12.8 Å². The summed E-state index contributed by atoms with van der Waals surface area (Å²) in [4.78, 5) is 41.0. The van der Waals surface area contributed by atoms with Crippen molar-refractivity contribution in [3.63, 3.8) is 0 Å². The van der Waals surface area contributed by atoms with Gasteiger partial charge in [-0.1, -0.05) is 54.6 Å². The molecule has 1 heterocycles. The van der Waals surface area contributed by atoms with Crippen LogP contribution in [0.5, 0.6) is 0 Å². The van der Waals surface area contributed by atoms with E-state index in [1.54, 1.807) is 9.80 Å². The van der Waals surface area contributed by atoms with E-state index in [-0.39, 0.29) is 36.0 Å². The van der Waals surface area contributed by atoms with Crippen LogP contribution in [-0.2, 0) is 16.0 Å². The summed E-state index contributed by atoms with van der Waals surface area (Å²) < 4.78 is 14.1. The molecule has 1 aliphatic rings. The second kappa shape index (κ2) is 10.7. The van der Waals surface area contributed by atoms with Gasteiger partial charge in [0.1, 0.15) is 11.6 Å². The van der Waals surface area contributed by atoms with Gasteiger partial charge in [-0.2, -0.15) is 0 Å². The van der Waals surface area contributed by atoms with Gasteiger partial charge >= 0.3 is 0 Å². The summed E-state index contributed by atoms with van der Waals surface area (Å²) in [5, 5.41) is 0. The fourth-order valence-corrected chi connectivity index (χ4v) is 4.42. The number of rotatable bonds is 6. The number of benzene rings is 3. The van der Waals surface area contributed by atoms with Gasteiger partial charge in [-0.15, -0.1) is 0 Å². The van der Waals surface area contributed by atoms with Crippen molar-refractivity contribution in [1.29, 1.82) is 0 Å². The minimum absolute atomic E-state index is 0.139. The summed E-state index contributed by atoms with van der Waals surface area (Å²) in [6, 6.07) is 21.8. The Kier molecular flexibility index (Phi) is 7.53. The van der Waals surface area contributed by atoms with Crippen molar-refractivity contribution in [2.75, 3.05) is 26.2 Å². The first-order valence-corrected chi connectivity index (χ1v) is 11.9. The van der Waals surface area contributed by atoms with E-state index in [1.807, 2.05) is 54.6 Å². The van der Waals surface area contributed by atoms with Crippen molar-refractivity contribution >= 4 is 33.5 Å². The largest absolute Gasteiger partial charge is 0.339 e. The predicted molar refractivity (Wildman–Crippen MR) is 132 cm³/mol. The van der Waals surface area contributed by atoms with E-state index in [9.17, 15) is 18.8 Å². The van der Waals surface area contributed by atoms with E-state index in [2.05, 4.69) is 15.9 Å². The smallest absolute Gasteiger partial charge is 0.255 e. The fraction of sp³-hybridized carbons (Fsp3) is 0.222. The highest BCUT2D eigenvalue weighted by molar-refractivity contribution is 9.10. The van der Waals surface area contributed by atoms with Gasteiger partial charge in [0.05, 0.1) is 12.0 Å². The van der Waals surface area contributed by atoms with Crippen LogP contribution in [-0.4, -0.2) is 53.6 Å². The molecule has 0 radical (unpaired) electrons. The molecular weight excluding hydrogens is 499 g/mol. The number of carbonyl (C=O) groups excluding carboxylic acids is 3. The lowest BCUT2D eigenvalue weighted by Gasteiger charge is -2.35. The minimum Gasteiger partial charge on any atom is -0.339 e. The van der Waals surface area contributed by atoms with Crippen LogP contribution in [0.3, 0.4) is 0 Å². The van der Waals surface area contributed by atoms with Crippen molar-refractivity contribution in [3.05, 3.63) is 94.2 Å². The zero-order valence-electron chi connectivity index (χ0n) is 18.5. The Morgan fingerprint density at radius 2 is 1.41 bits per heavy atom. The molecule has 2 amide bonds. The van der Waals surface area contributed by atoms with Crippen LogP contribution >= 0.6 is 15.9 Å². The number of Topliss-reactive ketones (excluding diaryl/α,β-unsaturated/α-hetero) is 1. The third kappa shape index (κ3) is 5.78. The maximum absolute atomic E-state index is 13.5. The second-order valence-corrected chi connectivity index (χ2v) is 9.11. The molecule has 34 heavy (non-hydrogen) atoms. The Hall–Kier alpha value is -3.32. The van der Waals surface area contributed by atoms with E-state index < -0.39 is 5.82 Å². The van der Waals surface area contributed by atoms with Gasteiger partial charge in [0.15, 0.2) is 0 Å². The number of carbonyl (C=O) groups is 3. The molecule has 0 aromatic heterocycles. The third-order valence-corrected chi connectivity index (χ3v) is 6.58. The molecule has 1 aliphatic heterocycles. The molecular formula is C27H24BrFN2O3. The zero-order chi connectivity index (χ0) is 24.1. The summed E-state index contributed by atoms with van der Waals surface area (Å²) in [6.07, 6.45) is 0.0384. The zero-order valence-corrected chi connectivity index (χ0v) is 20.1. The minimum atomic E-state index is -0.478. The first-order chi connectivity index (χ1) is 16.4. The number of piperazine rings is 1. The molecule has 3 aromatic carbocycles. The van der Waals surface area contributed by atoms with Crippen LogP contribution in [0.25, 0.3) is 11.1 Å². The lowest BCUT2D eigenvalue weighted by atomic mass is 10.0. The highest BCUT2D eigenvalue weighted by Crippen LogP contribution is 2.21. The molecule has 0 atom stereocenters.